The molecule has 0 N–H and O–H groups in total. The first-order valence-electron chi connectivity index (χ1n) is 4.89. The summed E-state index contributed by atoms with van der Waals surface area (Å²) in [7, 11) is 0. The molecule has 0 bridgehead atoms. The molecule has 1 aliphatic rings. The number of Topliss-reactive ketones (excluding diaryl/α,β-unsaturated/α-hetero) is 1. The van der Waals surface area contributed by atoms with Gasteiger partial charge in [-0.25, -0.2) is 0 Å². The summed E-state index contributed by atoms with van der Waals surface area (Å²) in [6, 6.07) is 0. The van der Waals surface area contributed by atoms with E-state index in [1.54, 1.807) is 0 Å². The van der Waals surface area contributed by atoms with E-state index < -0.39 is 0 Å². The Morgan fingerprint density at radius 3 is 2.83 bits per heavy atom. The third-order valence-electron chi connectivity index (χ3n) is 2.67. The van der Waals surface area contributed by atoms with E-state index in [2.05, 4.69) is 13.5 Å². The Kier molecular flexibility index (Phi) is 3.51. The Labute approximate surface area is 74.9 Å². The number of carbonyl (C=O) groups excluding carboxylic acids is 1. The van der Waals surface area contributed by atoms with Crippen molar-refractivity contribution in [3.05, 3.63) is 12.7 Å². The second-order valence-electron chi connectivity index (χ2n) is 3.77. The maximum Gasteiger partial charge on any atom is 0.135 e. The van der Waals surface area contributed by atoms with Gasteiger partial charge in [0, 0.05) is 12.3 Å². The zero-order valence-electron chi connectivity index (χ0n) is 7.88. The third kappa shape index (κ3) is 2.80. The summed E-state index contributed by atoms with van der Waals surface area (Å²) in [6.07, 6.45) is 7.14. The van der Waals surface area contributed by atoms with Crippen LogP contribution >= 0.6 is 0 Å². The van der Waals surface area contributed by atoms with Crippen molar-refractivity contribution in [2.75, 3.05) is 0 Å². The van der Waals surface area contributed by atoms with Gasteiger partial charge >= 0.3 is 0 Å². The standard InChI is InChI=1S/C11H18O/c1-3-4-5-6-11(12)9(2)10-7-8-10/h3,9-10H,1,4-8H2,2H3. The van der Waals surface area contributed by atoms with Crippen LogP contribution in [0.5, 0.6) is 0 Å². The highest BCUT2D eigenvalue weighted by Gasteiger charge is 2.31. The van der Waals surface area contributed by atoms with Crippen LogP contribution in [0.25, 0.3) is 0 Å². The average Bonchev–Trinajstić information content (AvgIpc) is 2.86. The maximum absolute atomic E-state index is 11.5. The quantitative estimate of drug-likeness (QED) is 0.438. The molecule has 0 amide bonds. The highest BCUT2D eigenvalue weighted by molar-refractivity contribution is 5.81. The second-order valence-corrected chi connectivity index (χ2v) is 3.77. The van der Waals surface area contributed by atoms with E-state index in [1.807, 2.05) is 6.08 Å². The molecule has 1 aliphatic carbocycles. The number of allylic oxidation sites excluding steroid dienone is 1. The molecule has 1 unspecified atom stereocenters. The lowest BCUT2D eigenvalue weighted by molar-refractivity contribution is -0.123. The topological polar surface area (TPSA) is 17.1 Å². The van der Waals surface area contributed by atoms with Gasteiger partial charge in [-0.15, -0.1) is 6.58 Å². The molecule has 1 saturated carbocycles. The second kappa shape index (κ2) is 4.44. The van der Waals surface area contributed by atoms with E-state index in [1.165, 1.54) is 12.8 Å². The minimum atomic E-state index is 0.329. The van der Waals surface area contributed by atoms with Crippen LogP contribution in [-0.4, -0.2) is 5.78 Å². The maximum atomic E-state index is 11.5. The van der Waals surface area contributed by atoms with Crippen LogP contribution in [-0.2, 0) is 4.79 Å². The van der Waals surface area contributed by atoms with E-state index in [4.69, 9.17) is 0 Å². The molecule has 1 fully saturated rings. The number of rotatable bonds is 6. The summed E-state index contributed by atoms with van der Waals surface area (Å²) >= 11 is 0. The predicted molar refractivity (Wildman–Crippen MR) is 50.9 cm³/mol. The van der Waals surface area contributed by atoms with Crippen molar-refractivity contribution in [2.45, 2.75) is 39.0 Å². The molecule has 12 heavy (non-hydrogen) atoms. The number of hydrogen-bond acceptors (Lipinski definition) is 1. The Hall–Kier alpha value is -0.590. The van der Waals surface area contributed by atoms with Gasteiger partial charge in [-0.05, 0) is 31.6 Å². The SMILES string of the molecule is C=CCCCC(=O)C(C)C1CC1. The van der Waals surface area contributed by atoms with Crippen molar-refractivity contribution in [1.82, 2.24) is 0 Å². The molecule has 0 radical (unpaired) electrons. The minimum Gasteiger partial charge on any atom is -0.299 e. The summed E-state index contributed by atoms with van der Waals surface area (Å²) in [5.74, 6) is 1.51. The highest BCUT2D eigenvalue weighted by Crippen LogP contribution is 2.37. The molecule has 1 rings (SSSR count). The fraction of sp³-hybridized carbons (Fsp3) is 0.727. The molecule has 1 nitrogen and oxygen atoms in total. The van der Waals surface area contributed by atoms with Crippen LogP contribution in [0.1, 0.15) is 39.0 Å². The fourth-order valence-electron chi connectivity index (χ4n) is 1.51. The van der Waals surface area contributed by atoms with Gasteiger partial charge in [0.1, 0.15) is 5.78 Å². The Balaban J connectivity index is 2.13. The molecular weight excluding hydrogens is 148 g/mol. The number of carbonyl (C=O) groups is 1. The normalized spacial score (nSPS) is 18.8. The molecule has 0 aliphatic heterocycles. The van der Waals surface area contributed by atoms with Gasteiger partial charge in [-0.1, -0.05) is 13.0 Å². The smallest absolute Gasteiger partial charge is 0.135 e. The number of ketones is 1. The molecular formula is C11H18O. The largest absolute Gasteiger partial charge is 0.299 e. The molecule has 0 heterocycles. The molecule has 68 valence electrons. The number of hydrogen-bond donors (Lipinski definition) is 0. The average molecular weight is 166 g/mol. The van der Waals surface area contributed by atoms with Crippen molar-refractivity contribution in [3.63, 3.8) is 0 Å². The summed E-state index contributed by atoms with van der Waals surface area (Å²) in [5, 5.41) is 0. The van der Waals surface area contributed by atoms with Crippen LogP contribution in [0, 0.1) is 11.8 Å². The van der Waals surface area contributed by atoms with Crippen molar-refractivity contribution in [2.24, 2.45) is 11.8 Å². The minimum absolute atomic E-state index is 0.329. The Morgan fingerprint density at radius 1 is 1.67 bits per heavy atom. The van der Waals surface area contributed by atoms with Crippen LogP contribution in [0.15, 0.2) is 12.7 Å². The first kappa shape index (κ1) is 9.50. The highest BCUT2D eigenvalue weighted by atomic mass is 16.1. The van der Waals surface area contributed by atoms with Gasteiger partial charge in [0.05, 0.1) is 0 Å². The van der Waals surface area contributed by atoms with E-state index in [0.29, 0.717) is 11.7 Å². The van der Waals surface area contributed by atoms with Crippen molar-refractivity contribution >= 4 is 5.78 Å². The van der Waals surface area contributed by atoms with Crippen LogP contribution < -0.4 is 0 Å². The van der Waals surface area contributed by atoms with Crippen molar-refractivity contribution in [3.8, 4) is 0 Å². The van der Waals surface area contributed by atoms with Gasteiger partial charge in [-0.2, -0.15) is 0 Å². The molecule has 0 saturated heterocycles. The molecule has 1 atom stereocenters. The predicted octanol–water partition coefficient (Wildman–Crippen LogP) is 2.96. The molecule has 0 aromatic carbocycles. The molecule has 0 spiro atoms. The third-order valence-corrected chi connectivity index (χ3v) is 2.67. The van der Waals surface area contributed by atoms with Crippen molar-refractivity contribution < 1.29 is 4.79 Å². The lowest BCUT2D eigenvalue weighted by Gasteiger charge is -2.07. The summed E-state index contributed by atoms with van der Waals surface area (Å²) in [4.78, 5) is 11.5. The first-order chi connectivity index (χ1) is 5.75. The Morgan fingerprint density at radius 2 is 2.33 bits per heavy atom. The van der Waals surface area contributed by atoms with E-state index >= 15 is 0 Å². The van der Waals surface area contributed by atoms with E-state index in [9.17, 15) is 4.79 Å². The van der Waals surface area contributed by atoms with Crippen LogP contribution in [0.3, 0.4) is 0 Å². The van der Waals surface area contributed by atoms with Gasteiger partial charge in [-0.3, -0.25) is 4.79 Å². The molecule has 0 aromatic heterocycles. The Bertz CT molecular complexity index is 168. The number of unbranched alkanes of at least 4 members (excludes halogenated alkanes) is 1. The van der Waals surface area contributed by atoms with E-state index in [-0.39, 0.29) is 0 Å². The van der Waals surface area contributed by atoms with Gasteiger partial charge < -0.3 is 0 Å². The zero-order valence-corrected chi connectivity index (χ0v) is 7.88. The molecule has 0 aromatic rings. The van der Waals surface area contributed by atoms with E-state index in [0.717, 1.165) is 25.2 Å². The first-order valence-corrected chi connectivity index (χ1v) is 4.89. The van der Waals surface area contributed by atoms with Gasteiger partial charge in [0.25, 0.3) is 0 Å². The summed E-state index contributed by atoms with van der Waals surface area (Å²) in [6.45, 7) is 5.72. The summed E-state index contributed by atoms with van der Waals surface area (Å²) in [5.41, 5.74) is 0. The molecule has 1 heteroatoms. The van der Waals surface area contributed by atoms with Crippen molar-refractivity contribution in [1.29, 1.82) is 0 Å². The van der Waals surface area contributed by atoms with Gasteiger partial charge in [0.2, 0.25) is 0 Å². The van der Waals surface area contributed by atoms with Crippen LogP contribution in [0.4, 0.5) is 0 Å². The fourth-order valence-corrected chi connectivity index (χ4v) is 1.51. The zero-order chi connectivity index (χ0) is 8.97. The monoisotopic (exact) mass is 166 g/mol. The van der Waals surface area contributed by atoms with Gasteiger partial charge in [0.15, 0.2) is 0 Å². The van der Waals surface area contributed by atoms with Crippen LogP contribution in [0.2, 0.25) is 0 Å². The lowest BCUT2D eigenvalue weighted by atomic mass is 9.97. The lowest BCUT2D eigenvalue weighted by Crippen LogP contribution is -2.12. The summed E-state index contributed by atoms with van der Waals surface area (Å²) < 4.78 is 0.